The number of halogens is 1. The first kappa shape index (κ1) is 20.4. The summed E-state index contributed by atoms with van der Waals surface area (Å²) in [6.45, 7) is 4.43. The molecule has 1 aliphatic carbocycles. The van der Waals surface area contributed by atoms with Gasteiger partial charge in [-0.1, -0.05) is 0 Å². The van der Waals surface area contributed by atoms with Crippen molar-refractivity contribution < 1.29 is 18.7 Å². The van der Waals surface area contributed by atoms with Crippen LogP contribution in [-0.4, -0.2) is 68.8 Å². The van der Waals surface area contributed by atoms with E-state index in [1.54, 1.807) is 28.8 Å². The lowest BCUT2D eigenvalue weighted by Gasteiger charge is -2.37. The Morgan fingerprint density at radius 1 is 1.30 bits per heavy atom. The fraction of sp³-hybridized carbons (Fsp3) is 0.600. The zero-order chi connectivity index (χ0) is 21.3. The number of rotatable bonds is 5. The molecule has 1 N–H and O–H groups in total. The van der Waals surface area contributed by atoms with Crippen LogP contribution in [0.25, 0.3) is 5.95 Å². The maximum absolute atomic E-state index is 14.1. The number of nitrogens with one attached hydrogen (secondary N) is 1. The number of amides is 1. The predicted octanol–water partition coefficient (Wildman–Crippen LogP) is 2.88. The molecule has 2 aromatic heterocycles. The molecule has 4 rings (SSSR count). The van der Waals surface area contributed by atoms with Gasteiger partial charge in [0.2, 0.25) is 5.88 Å². The lowest BCUT2D eigenvalue weighted by atomic mass is 9.85. The number of aryl methyl sites for hydroxylation is 1. The van der Waals surface area contributed by atoms with Crippen molar-refractivity contribution >= 4 is 11.9 Å². The van der Waals surface area contributed by atoms with Gasteiger partial charge in [0.05, 0.1) is 25.9 Å². The van der Waals surface area contributed by atoms with Crippen molar-refractivity contribution in [2.45, 2.75) is 57.3 Å². The van der Waals surface area contributed by atoms with Gasteiger partial charge in [-0.25, -0.2) is 13.9 Å². The maximum Gasteiger partial charge on any atom is 0.409 e. The second-order valence-corrected chi connectivity index (χ2v) is 8.24. The number of carbonyl (C=O) groups is 1. The number of carbonyl (C=O) groups excluding carboxylic acids is 1. The summed E-state index contributed by atoms with van der Waals surface area (Å²) in [7, 11) is 1.36. The third-order valence-corrected chi connectivity index (χ3v) is 5.57. The number of ether oxygens (including phenoxy) is 2. The van der Waals surface area contributed by atoms with E-state index >= 15 is 0 Å². The van der Waals surface area contributed by atoms with Gasteiger partial charge in [0.25, 0.3) is 5.95 Å². The summed E-state index contributed by atoms with van der Waals surface area (Å²) in [5.74, 6) is 1.40. The average molecular weight is 418 g/mol. The van der Waals surface area contributed by atoms with Crippen LogP contribution < -0.4 is 10.1 Å². The minimum absolute atomic E-state index is 0.141. The van der Waals surface area contributed by atoms with Crippen LogP contribution in [0, 0.1) is 6.92 Å². The molecule has 0 aromatic carbocycles. The molecule has 1 amide bonds. The average Bonchev–Trinajstić information content (AvgIpc) is 3.12. The number of methoxy groups -OCH3 is 1. The number of likely N-dealkylation sites (tertiary alicyclic amines) is 1. The summed E-state index contributed by atoms with van der Waals surface area (Å²) in [4.78, 5) is 22.1. The fourth-order valence-electron chi connectivity index (χ4n) is 3.71. The van der Waals surface area contributed by atoms with Gasteiger partial charge in [-0.3, -0.25) is 0 Å². The molecule has 30 heavy (non-hydrogen) atoms. The van der Waals surface area contributed by atoms with Crippen molar-refractivity contribution in [1.82, 2.24) is 24.6 Å². The molecule has 1 saturated carbocycles. The Hall–Kier alpha value is -2.91. The summed E-state index contributed by atoms with van der Waals surface area (Å²) >= 11 is 0. The SMILES string of the molecule is COC(=O)N1CC(Oc2cc(NC3CCC(C)(F)CC3)nc(-n3ccc(C)n3)n2)C1. The van der Waals surface area contributed by atoms with E-state index in [0.29, 0.717) is 43.6 Å². The number of hydrogen-bond acceptors (Lipinski definition) is 7. The van der Waals surface area contributed by atoms with Gasteiger partial charge in [-0.05, 0) is 45.6 Å². The molecule has 1 aliphatic heterocycles. The van der Waals surface area contributed by atoms with Gasteiger partial charge in [0.15, 0.2) is 0 Å². The van der Waals surface area contributed by atoms with E-state index in [0.717, 1.165) is 18.5 Å². The van der Waals surface area contributed by atoms with Gasteiger partial charge in [-0.2, -0.15) is 15.1 Å². The highest BCUT2D eigenvalue weighted by Crippen LogP contribution is 2.33. The highest BCUT2D eigenvalue weighted by molar-refractivity contribution is 5.68. The number of aromatic nitrogens is 4. The quantitative estimate of drug-likeness (QED) is 0.798. The molecule has 3 heterocycles. The van der Waals surface area contributed by atoms with Crippen LogP contribution in [-0.2, 0) is 4.74 Å². The standard InChI is InChI=1S/C20H27FN6O3/c1-13-6-9-27(25-13)18-23-16(22-14-4-7-20(2,21)8-5-14)10-17(24-18)30-15-11-26(12-15)19(28)29-3/h6,9-10,14-15H,4-5,7-8,11-12H2,1-3H3,(H,22,23,24). The second-order valence-electron chi connectivity index (χ2n) is 8.24. The minimum Gasteiger partial charge on any atom is -0.470 e. The van der Waals surface area contributed by atoms with Crippen LogP contribution in [0.1, 0.15) is 38.3 Å². The Morgan fingerprint density at radius 3 is 2.67 bits per heavy atom. The fourth-order valence-corrected chi connectivity index (χ4v) is 3.71. The summed E-state index contributed by atoms with van der Waals surface area (Å²) < 4.78 is 26.4. The molecule has 10 heteroatoms. The van der Waals surface area contributed by atoms with Gasteiger partial charge in [0.1, 0.15) is 17.6 Å². The Bertz CT molecular complexity index is 902. The monoisotopic (exact) mass is 418 g/mol. The third kappa shape index (κ3) is 4.63. The van der Waals surface area contributed by atoms with Crippen molar-refractivity contribution in [3.05, 3.63) is 24.0 Å². The van der Waals surface area contributed by atoms with Crippen LogP contribution in [0.4, 0.5) is 15.0 Å². The first-order chi connectivity index (χ1) is 14.3. The molecule has 2 aliphatic rings. The molecular formula is C20H27FN6O3. The van der Waals surface area contributed by atoms with Crippen molar-refractivity contribution in [3.8, 4) is 11.8 Å². The summed E-state index contributed by atoms with van der Waals surface area (Å²) in [6.07, 6.45) is 3.77. The Balaban J connectivity index is 1.49. The summed E-state index contributed by atoms with van der Waals surface area (Å²) in [5, 5.41) is 7.78. The lowest BCUT2D eigenvalue weighted by Crippen LogP contribution is -2.56. The normalized spacial score (nSPS) is 24.3. The van der Waals surface area contributed by atoms with E-state index in [1.165, 1.54) is 7.11 Å². The first-order valence-electron chi connectivity index (χ1n) is 10.2. The zero-order valence-corrected chi connectivity index (χ0v) is 17.5. The van der Waals surface area contributed by atoms with Crippen LogP contribution >= 0.6 is 0 Å². The minimum atomic E-state index is -1.09. The van der Waals surface area contributed by atoms with Crippen molar-refractivity contribution in [3.63, 3.8) is 0 Å². The van der Waals surface area contributed by atoms with E-state index in [4.69, 9.17) is 9.47 Å². The third-order valence-electron chi connectivity index (χ3n) is 5.57. The molecule has 0 bridgehead atoms. The largest absolute Gasteiger partial charge is 0.470 e. The first-order valence-corrected chi connectivity index (χ1v) is 10.2. The molecule has 0 radical (unpaired) electrons. The van der Waals surface area contributed by atoms with E-state index in [9.17, 15) is 9.18 Å². The van der Waals surface area contributed by atoms with Crippen LogP contribution in [0.2, 0.25) is 0 Å². The Kier molecular flexibility index (Phi) is 5.48. The number of anilines is 1. The highest BCUT2D eigenvalue weighted by atomic mass is 19.1. The molecule has 2 aromatic rings. The highest BCUT2D eigenvalue weighted by Gasteiger charge is 2.34. The van der Waals surface area contributed by atoms with Gasteiger partial charge in [-0.15, -0.1) is 0 Å². The van der Waals surface area contributed by atoms with Crippen molar-refractivity contribution in [1.29, 1.82) is 0 Å². The van der Waals surface area contributed by atoms with Gasteiger partial charge in [0, 0.05) is 18.3 Å². The van der Waals surface area contributed by atoms with Gasteiger partial charge >= 0.3 is 6.09 Å². The zero-order valence-electron chi connectivity index (χ0n) is 17.5. The van der Waals surface area contributed by atoms with Crippen LogP contribution in [0.5, 0.6) is 5.88 Å². The summed E-state index contributed by atoms with van der Waals surface area (Å²) in [6, 6.07) is 3.75. The van der Waals surface area contributed by atoms with Crippen LogP contribution in [0.15, 0.2) is 18.3 Å². The Labute approximate surface area is 174 Å². The van der Waals surface area contributed by atoms with Gasteiger partial charge < -0.3 is 19.7 Å². The topological polar surface area (TPSA) is 94.4 Å². The maximum atomic E-state index is 14.1. The molecule has 0 unspecified atom stereocenters. The predicted molar refractivity (Wildman–Crippen MR) is 108 cm³/mol. The lowest BCUT2D eigenvalue weighted by molar-refractivity contribution is 0.0160. The molecule has 9 nitrogen and oxygen atoms in total. The number of nitrogens with zero attached hydrogens (tertiary/aromatic N) is 5. The van der Waals surface area contributed by atoms with Crippen molar-refractivity contribution in [2.24, 2.45) is 0 Å². The second kappa shape index (κ2) is 8.08. The molecule has 0 spiro atoms. The van der Waals surface area contributed by atoms with Crippen LogP contribution in [0.3, 0.4) is 0 Å². The molecule has 1 saturated heterocycles. The van der Waals surface area contributed by atoms with E-state index in [1.807, 2.05) is 13.0 Å². The smallest absolute Gasteiger partial charge is 0.409 e. The van der Waals surface area contributed by atoms with E-state index in [2.05, 4.69) is 20.4 Å². The number of hydrogen-bond donors (Lipinski definition) is 1. The molecule has 162 valence electrons. The summed E-state index contributed by atoms with van der Waals surface area (Å²) in [5.41, 5.74) is -0.243. The van der Waals surface area contributed by atoms with E-state index in [-0.39, 0.29) is 18.2 Å². The van der Waals surface area contributed by atoms with E-state index < -0.39 is 5.67 Å². The number of alkyl halides is 1. The molecular weight excluding hydrogens is 391 g/mol. The Morgan fingerprint density at radius 2 is 2.03 bits per heavy atom. The molecule has 0 atom stereocenters. The molecule has 2 fully saturated rings. The van der Waals surface area contributed by atoms with Crippen molar-refractivity contribution in [2.75, 3.05) is 25.5 Å².